The van der Waals surface area contributed by atoms with Gasteiger partial charge in [0.05, 0.1) is 11.1 Å². The van der Waals surface area contributed by atoms with Gasteiger partial charge >= 0.3 is 0 Å². The molecule has 78 valence electrons. The highest BCUT2D eigenvalue weighted by Gasteiger charge is 2.19. The van der Waals surface area contributed by atoms with Crippen LogP contribution in [0.1, 0.15) is 30.0 Å². The minimum Gasteiger partial charge on any atom is -0.302 e. The van der Waals surface area contributed by atoms with E-state index < -0.39 is 0 Å². The molecule has 1 atom stereocenters. The van der Waals surface area contributed by atoms with Crippen LogP contribution >= 0.6 is 11.8 Å². The monoisotopic (exact) mass is 211 g/mol. The molecule has 0 aliphatic carbocycles. The molecule has 2 heterocycles. The first-order valence-electron chi connectivity index (χ1n) is 5.18. The third-order valence-corrected chi connectivity index (χ3v) is 3.77. The first-order valence-corrected chi connectivity index (χ1v) is 6.23. The Morgan fingerprint density at radius 3 is 3.21 bits per heavy atom. The second-order valence-electron chi connectivity index (χ2n) is 3.62. The maximum absolute atomic E-state index is 4.47. The lowest BCUT2D eigenvalue weighted by atomic mass is 10.2. The summed E-state index contributed by atoms with van der Waals surface area (Å²) >= 11 is 1.99. The molecule has 1 unspecified atom stereocenters. The van der Waals surface area contributed by atoms with Crippen LogP contribution < -0.4 is 5.32 Å². The molecule has 1 aliphatic heterocycles. The summed E-state index contributed by atoms with van der Waals surface area (Å²) in [5.74, 6) is 1.26. The Labute approximate surface area is 89.3 Å². The molecule has 1 fully saturated rings. The van der Waals surface area contributed by atoms with Crippen molar-refractivity contribution in [3.8, 4) is 0 Å². The summed E-state index contributed by atoms with van der Waals surface area (Å²) in [5.41, 5.74) is 2.61. The Hall–Kier alpha value is -0.480. The van der Waals surface area contributed by atoms with E-state index in [4.69, 9.17) is 0 Å². The number of rotatable bonds is 2. The van der Waals surface area contributed by atoms with Gasteiger partial charge in [-0.25, -0.2) is 0 Å². The normalized spacial score (nSPS) is 22.6. The molecule has 0 bridgehead atoms. The predicted octanol–water partition coefficient (Wildman–Crippen LogP) is 1.71. The van der Waals surface area contributed by atoms with Gasteiger partial charge in [-0.3, -0.25) is 4.68 Å². The van der Waals surface area contributed by atoms with Gasteiger partial charge in [-0.05, 0) is 25.1 Å². The molecule has 0 spiro atoms. The number of hydrogen-bond acceptors (Lipinski definition) is 3. The average Bonchev–Trinajstić information content (AvgIpc) is 2.61. The number of aryl methyl sites for hydroxylation is 2. The van der Waals surface area contributed by atoms with Crippen molar-refractivity contribution in [2.75, 3.05) is 12.3 Å². The zero-order chi connectivity index (χ0) is 9.97. The lowest BCUT2D eigenvalue weighted by molar-refractivity contribution is 0.639. The van der Waals surface area contributed by atoms with E-state index in [0.29, 0.717) is 5.37 Å². The topological polar surface area (TPSA) is 29.9 Å². The van der Waals surface area contributed by atoms with E-state index in [1.165, 1.54) is 23.4 Å². The Morgan fingerprint density at radius 1 is 1.71 bits per heavy atom. The molecule has 1 aromatic heterocycles. The summed E-state index contributed by atoms with van der Waals surface area (Å²) in [4.78, 5) is 0. The van der Waals surface area contributed by atoms with E-state index in [-0.39, 0.29) is 0 Å². The van der Waals surface area contributed by atoms with Gasteiger partial charge in [-0.2, -0.15) is 5.10 Å². The van der Waals surface area contributed by atoms with Crippen LogP contribution in [0.5, 0.6) is 0 Å². The first-order chi connectivity index (χ1) is 6.81. The average molecular weight is 211 g/mol. The van der Waals surface area contributed by atoms with Crippen molar-refractivity contribution in [1.29, 1.82) is 0 Å². The van der Waals surface area contributed by atoms with E-state index >= 15 is 0 Å². The van der Waals surface area contributed by atoms with E-state index in [0.717, 1.165) is 13.0 Å². The highest BCUT2D eigenvalue weighted by molar-refractivity contribution is 7.99. The molecule has 1 saturated heterocycles. The molecule has 14 heavy (non-hydrogen) atoms. The fourth-order valence-corrected chi connectivity index (χ4v) is 2.97. The molecule has 0 radical (unpaired) electrons. The molecule has 1 aliphatic rings. The van der Waals surface area contributed by atoms with E-state index in [1.807, 2.05) is 23.5 Å². The van der Waals surface area contributed by atoms with Gasteiger partial charge in [0.25, 0.3) is 0 Å². The van der Waals surface area contributed by atoms with Gasteiger partial charge in [0.2, 0.25) is 0 Å². The maximum Gasteiger partial charge on any atom is 0.0822 e. The van der Waals surface area contributed by atoms with Crippen LogP contribution in [-0.2, 0) is 13.5 Å². The van der Waals surface area contributed by atoms with E-state index in [9.17, 15) is 0 Å². The van der Waals surface area contributed by atoms with Crippen molar-refractivity contribution in [2.45, 2.75) is 25.1 Å². The molecule has 2 rings (SSSR count). The standard InChI is InChI=1S/C10H17N3S/c1-3-9-8(7-13(2)12-9)10-11-5-4-6-14-10/h7,10-11H,3-6H2,1-2H3. The van der Waals surface area contributed by atoms with Gasteiger partial charge in [0.1, 0.15) is 0 Å². The van der Waals surface area contributed by atoms with Crippen LogP contribution in [0.4, 0.5) is 0 Å². The van der Waals surface area contributed by atoms with Crippen LogP contribution in [0, 0.1) is 0 Å². The zero-order valence-corrected chi connectivity index (χ0v) is 9.60. The summed E-state index contributed by atoms with van der Waals surface area (Å²) in [6, 6.07) is 0. The Bertz CT molecular complexity index is 302. The Morgan fingerprint density at radius 2 is 2.57 bits per heavy atom. The van der Waals surface area contributed by atoms with Crippen LogP contribution in [0.3, 0.4) is 0 Å². The van der Waals surface area contributed by atoms with Crippen molar-refractivity contribution in [1.82, 2.24) is 15.1 Å². The zero-order valence-electron chi connectivity index (χ0n) is 8.79. The van der Waals surface area contributed by atoms with Gasteiger partial charge < -0.3 is 5.32 Å². The molecule has 1 aromatic rings. The number of nitrogens with zero attached hydrogens (tertiary/aromatic N) is 2. The Balaban J connectivity index is 2.20. The van der Waals surface area contributed by atoms with Crippen LogP contribution in [0.15, 0.2) is 6.20 Å². The second-order valence-corrected chi connectivity index (χ2v) is 4.83. The fourth-order valence-electron chi connectivity index (χ4n) is 1.81. The third kappa shape index (κ3) is 1.96. The Kier molecular flexibility index (Phi) is 3.13. The predicted molar refractivity (Wildman–Crippen MR) is 60.4 cm³/mol. The SMILES string of the molecule is CCc1nn(C)cc1C1NCCCS1. The van der Waals surface area contributed by atoms with E-state index in [2.05, 4.69) is 23.5 Å². The summed E-state index contributed by atoms with van der Waals surface area (Å²) < 4.78 is 1.92. The highest BCUT2D eigenvalue weighted by Crippen LogP contribution is 2.31. The lowest BCUT2D eigenvalue weighted by Crippen LogP contribution is -2.25. The van der Waals surface area contributed by atoms with Crippen LogP contribution in [-0.4, -0.2) is 22.1 Å². The second kappa shape index (κ2) is 4.36. The van der Waals surface area contributed by atoms with Crippen LogP contribution in [0.25, 0.3) is 0 Å². The number of thioether (sulfide) groups is 1. The lowest BCUT2D eigenvalue weighted by Gasteiger charge is -2.22. The number of hydrogen-bond donors (Lipinski definition) is 1. The largest absolute Gasteiger partial charge is 0.302 e. The van der Waals surface area contributed by atoms with Crippen molar-refractivity contribution in [2.24, 2.45) is 7.05 Å². The molecule has 1 N–H and O–H groups in total. The minimum atomic E-state index is 0.465. The first kappa shape index (κ1) is 10.1. The molecular formula is C10H17N3S. The van der Waals surface area contributed by atoms with Crippen molar-refractivity contribution in [3.63, 3.8) is 0 Å². The molecule has 0 amide bonds. The van der Waals surface area contributed by atoms with Gasteiger partial charge in [-0.15, -0.1) is 11.8 Å². The van der Waals surface area contributed by atoms with Crippen LogP contribution in [0.2, 0.25) is 0 Å². The van der Waals surface area contributed by atoms with Gasteiger partial charge in [0.15, 0.2) is 0 Å². The number of aromatic nitrogens is 2. The summed E-state index contributed by atoms with van der Waals surface area (Å²) in [5, 5.41) is 8.47. The minimum absolute atomic E-state index is 0.465. The fraction of sp³-hybridized carbons (Fsp3) is 0.700. The summed E-state index contributed by atoms with van der Waals surface area (Å²) in [6.07, 6.45) is 4.45. The van der Waals surface area contributed by atoms with E-state index in [1.54, 1.807) is 0 Å². The molecule has 0 aromatic carbocycles. The summed E-state index contributed by atoms with van der Waals surface area (Å²) in [7, 11) is 2.00. The molecule has 4 heteroatoms. The van der Waals surface area contributed by atoms with Gasteiger partial charge in [-0.1, -0.05) is 6.92 Å². The maximum atomic E-state index is 4.47. The molecule has 0 saturated carbocycles. The third-order valence-electron chi connectivity index (χ3n) is 2.49. The summed E-state index contributed by atoms with van der Waals surface area (Å²) in [6.45, 7) is 3.30. The van der Waals surface area contributed by atoms with Crippen molar-refractivity contribution >= 4 is 11.8 Å². The number of nitrogens with one attached hydrogen (secondary N) is 1. The molecular weight excluding hydrogens is 194 g/mol. The van der Waals surface area contributed by atoms with Crippen molar-refractivity contribution in [3.05, 3.63) is 17.5 Å². The van der Waals surface area contributed by atoms with Gasteiger partial charge in [0, 0.05) is 18.8 Å². The highest BCUT2D eigenvalue weighted by atomic mass is 32.2. The van der Waals surface area contributed by atoms with Crippen molar-refractivity contribution < 1.29 is 0 Å². The molecule has 3 nitrogen and oxygen atoms in total. The quantitative estimate of drug-likeness (QED) is 0.807. The smallest absolute Gasteiger partial charge is 0.0822 e.